The number of nitrogens with zero attached hydrogens (tertiary/aromatic N) is 2. The Balaban J connectivity index is 1.73. The zero-order valence-corrected chi connectivity index (χ0v) is 18.0. The molecule has 2 aromatic carbocycles. The molecule has 1 saturated heterocycles. The molecule has 1 aliphatic heterocycles. The van der Waals surface area contributed by atoms with Gasteiger partial charge in [-0.05, 0) is 36.4 Å². The van der Waals surface area contributed by atoms with E-state index in [0.29, 0.717) is 6.54 Å². The van der Waals surface area contributed by atoms with Crippen molar-refractivity contribution >= 4 is 11.8 Å². The van der Waals surface area contributed by atoms with Crippen molar-refractivity contribution in [2.24, 2.45) is 0 Å². The summed E-state index contributed by atoms with van der Waals surface area (Å²) in [7, 11) is 1.45. The van der Waals surface area contributed by atoms with Crippen LogP contribution in [0.4, 0.5) is 17.6 Å². The summed E-state index contributed by atoms with van der Waals surface area (Å²) in [5, 5.41) is 0. The van der Waals surface area contributed by atoms with Gasteiger partial charge in [-0.25, -0.2) is 4.39 Å². The zero-order valence-electron chi connectivity index (χ0n) is 18.0. The summed E-state index contributed by atoms with van der Waals surface area (Å²) in [5.74, 6) is -1.49. The number of methoxy groups -OCH3 is 1. The molecule has 3 rings (SSSR count). The number of hydrogen-bond acceptors (Lipinski definition) is 4. The minimum Gasteiger partial charge on any atom is -0.383 e. The van der Waals surface area contributed by atoms with Gasteiger partial charge in [0.2, 0.25) is 0 Å². The predicted molar refractivity (Wildman–Crippen MR) is 111 cm³/mol. The van der Waals surface area contributed by atoms with Gasteiger partial charge in [0, 0.05) is 44.4 Å². The first-order chi connectivity index (χ1) is 15.7. The molecule has 1 unspecified atom stereocenters. The number of ether oxygens (including phenoxy) is 2. The average molecular weight is 468 g/mol. The van der Waals surface area contributed by atoms with E-state index in [0.717, 1.165) is 18.2 Å². The molecule has 33 heavy (non-hydrogen) atoms. The zero-order chi connectivity index (χ0) is 24.0. The van der Waals surface area contributed by atoms with Crippen molar-refractivity contribution in [1.29, 1.82) is 0 Å². The molecule has 0 aromatic heterocycles. The van der Waals surface area contributed by atoms with Crippen LogP contribution in [0.5, 0.6) is 0 Å². The highest BCUT2D eigenvalue weighted by atomic mass is 19.4. The van der Waals surface area contributed by atoms with Gasteiger partial charge in [-0.15, -0.1) is 0 Å². The van der Waals surface area contributed by atoms with Crippen molar-refractivity contribution in [3.05, 3.63) is 71.0 Å². The highest BCUT2D eigenvalue weighted by molar-refractivity contribution is 5.95. The molecule has 0 spiro atoms. The Morgan fingerprint density at radius 2 is 1.88 bits per heavy atom. The molecule has 0 radical (unpaired) electrons. The highest BCUT2D eigenvalue weighted by Crippen LogP contribution is 2.29. The molecule has 0 bridgehead atoms. The molecule has 6 nitrogen and oxygen atoms in total. The van der Waals surface area contributed by atoms with E-state index in [1.54, 1.807) is 0 Å². The second-order valence-electron chi connectivity index (χ2n) is 7.58. The van der Waals surface area contributed by atoms with Crippen LogP contribution in [0.2, 0.25) is 0 Å². The molecule has 0 saturated carbocycles. The summed E-state index contributed by atoms with van der Waals surface area (Å²) in [6.45, 7) is 1.000. The van der Waals surface area contributed by atoms with E-state index in [2.05, 4.69) is 0 Å². The Labute approximate surface area is 188 Å². The van der Waals surface area contributed by atoms with Gasteiger partial charge >= 0.3 is 6.18 Å². The quantitative estimate of drug-likeness (QED) is 0.584. The van der Waals surface area contributed by atoms with E-state index < -0.39 is 29.6 Å². The maximum absolute atomic E-state index is 13.5. The number of amides is 2. The summed E-state index contributed by atoms with van der Waals surface area (Å²) in [6.07, 6.45) is -5.14. The fraction of sp³-hybridized carbons (Fsp3) is 0.391. The lowest BCUT2D eigenvalue weighted by atomic mass is 10.1. The highest BCUT2D eigenvalue weighted by Gasteiger charge is 2.32. The molecular formula is C23H24F4N2O4. The van der Waals surface area contributed by atoms with Crippen molar-refractivity contribution in [1.82, 2.24) is 9.80 Å². The first-order valence-corrected chi connectivity index (χ1v) is 10.3. The minimum absolute atomic E-state index is 0.0470. The number of carbonyl (C=O) groups excluding carboxylic acids is 2. The number of carbonyl (C=O) groups is 2. The van der Waals surface area contributed by atoms with Crippen molar-refractivity contribution in [3.8, 4) is 0 Å². The molecule has 10 heteroatoms. The molecule has 1 aliphatic rings. The summed E-state index contributed by atoms with van der Waals surface area (Å²) in [4.78, 5) is 28.6. The Bertz CT molecular complexity index is 983. The molecule has 178 valence electrons. The van der Waals surface area contributed by atoms with Crippen LogP contribution in [0.3, 0.4) is 0 Å². The number of alkyl halides is 3. The van der Waals surface area contributed by atoms with Gasteiger partial charge in [0.25, 0.3) is 11.8 Å². The van der Waals surface area contributed by atoms with Crippen LogP contribution in [-0.2, 0) is 15.7 Å². The van der Waals surface area contributed by atoms with E-state index in [1.807, 2.05) is 0 Å². The maximum atomic E-state index is 13.5. The Kier molecular flexibility index (Phi) is 8.04. The monoisotopic (exact) mass is 468 g/mol. The average Bonchev–Trinajstić information content (AvgIpc) is 2.80. The van der Waals surface area contributed by atoms with Crippen LogP contribution >= 0.6 is 0 Å². The fourth-order valence-corrected chi connectivity index (χ4v) is 3.55. The molecule has 0 aliphatic carbocycles. The number of benzene rings is 2. The molecule has 2 amide bonds. The third-order valence-corrected chi connectivity index (χ3v) is 5.21. The summed E-state index contributed by atoms with van der Waals surface area (Å²) in [6, 6.07) is 9.56. The molecule has 1 atom stereocenters. The maximum Gasteiger partial charge on any atom is 0.416 e. The standard InChI is InChI=1S/C23H24F4N2O4/c1-32-10-8-28(21(30)16-4-2-6-18(12-16)23(25,26)27)14-20-15-29(9-11-33-20)22(31)17-5-3-7-19(24)13-17/h2-7,12-13,20H,8-11,14-15H2,1H3. The van der Waals surface area contributed by atoms with Gasteiger partial charge in [0.05, 0.1) is 24.9 Å². The lowest BCUT2D eigenvalue weighted by Gasteiger charge is -2.36. The Morgan fingerprint density at radius 3 is 2.58 bits per heavy atom. The minimum atomic E-state index is -4.57. The molecule has 2 aromatic rings. The van der Waals surface area contributed by atoms with Crippen molar-refractivity contribution in [3.63, 3.8) is 0 Å². The van der Waals surface area contributed by atoms with Gasteiger partial charge in [-0.2, -0.15) is 13.2 Å². The summed E-state index contributed by atoms with van der Waals surface area (Å²) >= 11 is 0. The normalized spacial score (nSPS) is 16.5. The van der Waals surface area contributed by atoms with Crippen LogP contribution in [0.15, 0.2) is 48.5 Å². The van der Waals surface area contributed by atoms with Crippen LogP contribution in [0, 0.1) is 5.82 Å². The molecular weight excluding hydrogens is 444 g/mol. The van der Waals surface area contributed by atoms with Gasteiger partial charge in [0.15, 0.2) is 0 Å². The second kappa shape index (κ2) is 10.8. The van der Waals surface area contributed by atoms with Crippen LogP contribution in [0.1, 0.15) is 26.3 Å². The van der Waals surface area contributed by atoms with Crippen LogP contribution in [0.25, 0.3) is 0 Å². The SMILES string of the molecule is COCCN(CC1CN(C(=O)c2cccc(F)c2)CCO1)C(=O)c1cccc(C(F)(F)F)c1. The Morgan fingerprint density at radius 1 is 1.15 bits per heavy atom. The fourth-order valence-electron chi connectivity index (χ4n) is 3.55. The van der Waals surface area contributed by atoms with E-state index in [9.17, 15) is 27.2 Å². The smallest absolute Gasteiger partial charge is 0.383 e. The number of halogens is 4. The van der Waals surface area contributed by atoms with E-state index in [1.165, 1.54) is 47.2 Å². The third kappa shape index (κ3) is 6.52. The third-order valence-electron chi connectivity index (χ3n) is 5.21. The molecule has 0 N–H and O–H groups in total. The Hall–Kier alpha value is -2.98. The predicted octanol–water partition coefficient (Wildman–Crippen LogP) is 3.47. The second-order valence-corrected chi connectivity index (χ2v) is 7.58. The van der Waals surface area contributed by atoms with E-state index in [-0.39, 0.29) is 49.9 Å². The van der Waals surface area contributed by atoms with Crippen molar-refractivity contribution < 1.29 is 36.6 Å². The van der Waals surface area contributed by atoms with Gasteiger partial charge in [-0.1, -0.05) is 12.1 Å². The van der Waals surface area contributed by atoms with E-state index in [4.69, 9.17) is 9.47 Å². The first kappa shape index (κ1) is 24.7. The van der Waals surface area contributed by atoms with Gasteiger partial charge < -0.3 is 19.3 Å². The topological polar surface area (TPSA) is 59.1 Å². The van der Waals surface area contributed by atoms with Gasteiger partial charge in [-0.3, -0.25) is 9.59 Å². The summed E-state index contributed by atoms with van der Waals surface area (Å²) < 4.78 is 63.4. The number of rotatable bonds is 7. The first-order valence-electron chi connectivity index (χ1n) is 10.3. The molecule has 1 fully saturated rings. The summed E-state index contributed by atoms with van der Waals surface area (Å²) in [5.41, 5.74) is -0.822. The number of hydrogen-bond donors (Lipinski definition) is 0. The molecule has 1 heterocycles. The lowest BCUT2D eigenvalue weighted by Crippen LogP contribution is -2.51. The van der Waals surface area contributed by atoms with Crippen molar-refractivity contribution in [2.45, 2.75) is 12.3 Å². The van der Waals surface area contributed by atoms with Crippen molar-refractivity contribution in [2.75, 3.05) is 46.5 Å². The number of morpholine rings is 1. The van der Waals surface area contributed by atoms with E-state index >= 15 is 0 Å². The van der Waals surface area contributed by atoms with Gasteiger partial charge in [0.1, 0.15) is 5.82 Å². The van der Waals surface area contributed by atoms with Crippen LogP contribution in [-0.4, -0.2) is 74.2 Å². The largest absolute Gasteiger partial charge is 0.416 e. The van der Waals surface area contributed by atoms with Crippen LogP contribution < -0.4 is 0 Å². The lowest BCUT2D eigenvalue weighted by molar-refractivity contribution is -0.137.